The molecule has 6 nitrogen and oxygen atoms in total. The van der Waals surface area contributed by atoms with E-state index in [0.29, 0.717) is 24.4 Å². The van der Waals surface area contributed by atoms with E-state index < -0.39 is 5.92 Å². The molecule has 1 fully saturated rings. The monoisotopic (exact) mass is 330 g/mol. The number of nitrogens with zero attached hydrogens (tertiary/aromatic N) is 5. The number of halogens is 2. The Balaban J connectivity index is 1.55. The van der Waals surface area contributed by atoms with E-state index in [1.54, 1.807) is 4.90 Å². The second-order valence-electron chi connectivity index (χ2n) is 5.98. The van der Waals surface area contributed by atoms with Crippen LogP contribution in [-0.4, -0.2) is 50.0 Å². The Labute approximate surface area is 136 Å². The molecule has 1 aromatic carbocycles. The zero-order valence-corrected chi connectivity index (χ0v) is 12.9. The summed E-state index contributed by atoms with van der Waals surface area (Å²) in [6.07, 6.45) is 0.498. The Morgan fingerprint density at radius 3 is 2.58 bits per heavy atom. The first kappa shape index (κ1) is 14.9. The highest BCUT2D eigenvalue weighted by Gasteiger charge is 2.43. The van der Waals surface area contributed by atoms with Crippen molar-refractivity contribution < 1.29 is 8.78 Å². The topological polar surface area (TPSA) is 72.3 Å². The number of alkyl halides is 2. The van der Waals surface area contributed by atoms with Crippen molar-refractivity contribution in [3.05, 3.63) is 42.2 Å². The molecule has 0 radical (unpaired) electrons. The van der Waals surface area contributed by atoms with Crippen LogP contribution in [0.4, 0.5) is 14.7 Å². The maximum Gasteiger partial charge on any atom is 0.272 e. The fourth-order valence-corrected chi connectivity index (χ4v) is 2.84. The third-order valence-corrected chi connectivity index (χ3v) is 4.02. The van der Waals surface area contributed by atoms with Crippen molar-refractivity contribution >= 4 is 11.6 Å². The number of rotatable bonds is 4. The van der Waals surface area contributed by atoms with Gasteiger partial charge >= 0.3 is 0 Å². The maximum absolute atomic E-state index is 12.8. The predicted molar refractivity (Wildman–Crippen MR) is 85.7 cm³/mol. The first-order chi connectivity index (χ1) is 11.5. The molecule has 2 aromatic heterocycles. The fourth-order valence-electron chi connectivity index (χ4n) is 2.84. The molecule has 0 spiro atoms. The van der Waals surface area contributed by atoms with Crippen molar-refractivity contribution in [2.24, 2.45) is 0 Å². The molecule has 0 atom stereocenters. The van der Waals surface area contributed by atoms with E-state index in [1.807, 2.05) is 36.4 Å². The summed E-state index contributed by atoms with van der Waals surface area (Å²) in [4.78, 5) is 10.5. The van der Waals surface area contributed by atoms with Crippen LogP contribution in [0.25, 0.3) is 16.9 Å². The first-order valence-electron chi connectivity index (χ1n) is 7.68. The van der Waals surface area contributed by atoms with Crippen LogP contribution in [0, 0.1) is 0 Å². The highest BCUT2D eigenvalue weighted by molar-refractivity contribution is 5.65. The lowest BCUT2D eigenvalue weighted by Gasteiger charge is -2.38. The Hall–Kier alpha value is -2.61. The number of hydrogen-bond donors (Lipinski definition) is 1. The van der Waals surface area contributed by atoms with E-state index in [2.05, 4.69) is 15.1 Å². The van der Waals surface area contributed by atoms with Crippen molar-refractivity contribution in [3.8, 4) is 11.3 Å². The molecule has 24 heavy (non-hydrogen) atoms. The third-order valence-electron chi connectivity index (χ3n) is 4.02. The molecular weight excluding hydrogens is 314 g/mol. The highest BCUT2D eigenvalue weighted by atomic mass is 19.3. The zero-order chi connectivity index (χ0) is 16.7. The Morgan fingerprint density at radius 2 is 1.88 bits per heavy atom. The number of aromatic nitrogens is 4. The second kappa shape index (κ2) is 5.48. The van der Waals surface area contributed by atoms with E-state index >= 15 is 0 Å². The normalized spacial score (nSPS) is 17.1. The molecule has 4 rings (SSSR count). The number of nitrogens with two attached hydrogens (primary N) is 1. The van der Waals surface area contributed by atoms with Gasteiger partial charge in [-0.2, -0.15) is 4.52 Å². The fraction of sp³-hybridized carbons (Fsp3) is 0.312. The maximum atomic E-state index is 12.8. The predicted octanol–water partition coefficient (Wildman–Crippen LogP) is 1.87. The van der Waals surface area contributed by atoms with Gasteiger partial charge in [-0.25, -0.2) is 18.7 Å². The molecule has 0 amide bonds. The van der Waals surface area contributed by atoms with Gasteiger partial charge in [0.15, 0.2) is 11.5 Å². The van der Waals surface area contributed by atoms with Gasteiger partial charge in [0.2, 0.25) is 5.95 Å². The van der Waals surface area contributed by atoms with Gasteiger partial charge in [0.1, 0.15) is 0 Å². The largest absolute Gasteiger partial charge is 0.368 e. The van der Waals surface area contributed by atoms with E-state index in [0.717, 1.165) is 11.3 Å². The summed E-state index contributed by atoms with van der Waals surface area (Å²) in [5.41, 5.74) is 8.25. The Morgan fingerprint density at radius 1 is 1.12 bits per heavy atom. The molecule has 0 bridgehead atoms. The minimum atomic E-state index is -2.55. The minimum absolute atomic E-state index is 0.192. The SMILES string of the molecule is Nc1nc(-c2ccccc2)cc2nc(CCN3CC(F)(F)C3)nn12. The standard InChI is InChI=1S/C16H16F2N6/c17-16(18)9-23(10-16)7-6-13-21-14-8-12(11-4-2-1-3-5-11)20-15(19)24(14)22-13/h1-5,8H,6-7,9-10H2,(H2,19,20). The van der Waals surface area contributed by atoms with Crippen molar-refractivity contribution in [1.29, 1.82) is 0 Å². The molecule has 3 aromatic rings. The van der Waals surface area contributed by atoms with E-state index in [4.69, 9.17) is 5.73 Å². The summed E-state index contributed by atoms with van der Waals surface area (Å²) in [7, 11) is 0. The van der Waals surface area contributed by atoms with Crippen LogP contribution in [0.15, 0.2) is 36.4 Å². The van der Waals surface area contributed by atoms with Crippen LogP contribution in [0.3, 0.4) is 0 Å². The molecular formula is C16H16F2N6. The molecule has 1 saturated heterocycles. The molecule has 1 aliphatic heterocycles. The first-order valence-corrected chi connectivity index (χ1v) is 7.68. The lowest BCUT2D eigenvalue weighted by Crippen LogP contribution is -2.56. The smallest absolute Gasteiger partial charge is 0.272 e. The molecule has 124 valence electrons. The minimum Gasteiger partial charge on any atom is -0.368 e. The number of likely N-dealkylation sites (tertiary alicyclic amines) is 1. The van der Waals surface area contributed by atoms with Crippen LogP contribution in [0.2, 0.25) is 0 Å². The summed E-state index contributed by atoms with van der Waals surface area (Å²) in [6.45, 7) is 0.121. The molecule has 8 heteroatoms. The number of fused-ring (bicyclic) bond motifs is 1. The van der Waals surface area contributed by atoms with Crippen LogP contribution >= 0.6 is 0 Å². The van der Waals surface area contributed by atoms with E-state index in [-0.39, 0.29) is 19.0 Å². The Bertz CT molecular complexity index is 869. The van der Waals surface area contributed by atoms with Gasteiger partial charge in [-0.1, -0.05) is 30.3 Å². The lowest BCUT2D eigenvalue weighted by molar-refractivity contribution is -0.129. The van der Waals surface area contributed by atoms with Crippen molar-refractivity contribution in [1.82, 2.24) is 24.5 Å². The highest BCUT2D eigenvalue weighted by Crippen LogP contribution is 2.26. The van der Waals surface area contributed by atoms with Gasteiger partial charge in [0, 0.05) is 24.6 Å². The van der Waals surface area contributed by atoms with Crippen LogP contribution in [-0.2, 0) is 6.42 Å². The number of hydrogen-bond acceptors (Lipinski definition) is 5. The lowest BCUT2D eigenvalue weighted by atomic mass is 10.1. The van der Waals surface area contributed by atoms with E-state index in [9.17, 15) is 8.78 Å². The van der Waals surface area contributed by atoms with Crippen LogP contribution in [0.1, 0.15) is 5.82 Å². The third kappa shape index (κ3) is 2.80. The van der Waals surface area contributed by atoms with Gasteiger partial charge in [-0.05, 0) is 0 Å². The van der Waals surface area contributed by atoms with Crippen LogP contribution < -0.4 is 5.73 Å². The number of benzene rings is 1. The second-order valence-corrected chi connectivity index (χ2v) is 5.98. The van der Waals surface area contributed by atoms with Gasteiger partial charge < -0.3 is 5.73 Å². The Kier molecular flexibility index (Phi) is 3.42. The molecule has 3 heterocycles. The summed E-state index contributed by atoms with van der Waals surface area (Å²) < 4.78 is 27.2. The van der Waals surface area contributed by atoms with Crippen LogP contribution in [0.5, 0.6) is 0 Å². The van der Waals surface area contributed by atoms with Crippen molar-refractivity contribution in [2.75, 3.05) is 25.4 Å². The zero-order valence-electron chi connectivity index (χ0n) is 12.9. The summed E-state index contributed by atoms with van der Waals surface area (Å²) in [6, 6.07) is 11.5. The van der Waals surface area contributed by atoms with E-state index in [1.165, 1.54) is 4.52 Å². The van der Waals surface area contributed by atoms with Gasteiger partial charge in [0.25, 0.3) is 5.92 Å². The molecule has 0 saturated carbocycles. The van der Waals surface area contributed by atoms with Gasteiger partial charge in [0.05, 0.1) is 18.8 Å². The number of anilines is 1. The van der Waals surface area contributed by atoms with Gasteiger partial charge in [-0.15, -0.1) is 5.10 Å². The van der Waals surface area contributed by atoms with Gasteiger partial charge in [-0.3, -0.25) is 4.90 Å². The molecule has 2 N–H and O–H groups in total. The average molecular weight is 330 g/mol. The number of nitrogen functional groups attached to an aromatic ring is 1. The summed E-state index contributed by atoms with van der Waals surface area (Å²) >= 11 is 0. The van der Waals surface area contributed by atoms with Crippen molar-refractivity contribution in [2.45, 2.75) is 12.3 Å². The molecule has 1 aliphatic rings. The molecule has 0 unspecified atom stereocenters. The summed E-state index contributed by atoms with van der Waals surface area (Å²) in [5, 5.41) is 4.32. The summed E-state index contributed by atoms with van der Waals surface area (Å²) in [5.74, 6) is -1.73. The molecule has 0 aliphatic carbocycles. The van der Waals surface area contributed by atoms with Crippen molar-refractivity contribution in [3.63, 3.8) is 0 Å². The average Bonchev–Trinajstić information content (AvgIpc) is 2.95. The quantitative estimate of drug-likeness (QED) is 0.791.